The van der Waals surface area contributed by atoms with Gasteiger partial charge in [0.1, 0.15) is 16.5 Å². The number of halogens is 1. The molecule has 1 aromatic rings. The summed E-state index contributed by atoms with van der Waals surface area (Å²) in [4.78, 5) is 21.9. The summed E-state index contributed by atoms with van der Waals surface area (Å²) in [6, 6.07) is 2.70. The quantitative estimate of drug-likeness (QED) is 0.769. The number of hydrogen-bond donors (Lipinski definition) is 1. The molecule has 0 bridgehead atoms. The van der Waals surface area contributed by atoms with Crippen LogP contribution in [0, 0.1) is 5.41 Å². The van der Waals surface area contributed by atoms with Crippen LogP contribution in [0.5, 0.6) is 0 Å². The molecule has 1 N–H and O–H groups in total. The number of aromatic nitrogens is 1. The molecule has 0 aliphatic carbocycles. The Morgan fingerprint density at radius 1 is 1.64 bits per heavy atom. The number of hydrogen-bond acceptors (Lipinski definition) is 5. The molecule has 3 atom stereocenters. The zero-order valence-electron chi connectivity index (χ0n) is 12.7. The fraction of sp³-hybridized carbons (Fsp3) is 0.429. The number of nitrogens with one attached hydrogen (secondary N) is 1. The van der Waals surface area contributed by atoms with Crippen molar-refractivity contribution in [3.05, 3.63) is 24.5 Å². The van der Waals surface area contributed by atoms with Gasteiger partial charge in [-0.15, -0.1) is 0 Å². The third kappa shape index (κ3) is 4.99. The van der Waals surface area contributed by atoms with Gasteiger partial charge in [0.2, 0.25) is 5.91 Å². The average molecular weight is 343 g/mol. The van der Waals surface area contributed by atoms with Gasteiger partial charge in [0.25, 0.3) is 0 Å². The van der Waals surface area contributed by atoms with Gasteiger partial charge in [0.15, 0.2) is 0 Å². The maximum absolute atomic E-state index is 12.4. The summed E-state index contributed by atoms with van der Waals surface area (Å²) >= 11 is 5.82. The molecule has 0 radical (unpaired) electrons. The van der Waals surface area contributed by atoms with Crippen LogP contribution >= 0.6 is 11.6 Å². The van der Waals surface area contributed by atoms with Crippen LogP contribution in [-0.4, -0.2) is 55.5 Å². The SMILES string of the molecule is CCN(C(=O)C(C)S(C)=O)C(C=Nc1cccnc1)C(=N)Cl. The van der Waals surface area contributed by atoms with Crippen molar-refractivity contribution in [3.8, 4) is 0 Å². The number of carbonyl (C=O) groups excluding carboxylic acids is 1. The van der Waals surface area contributed by atoms with Crippen molar-refractivity contribution in [2.45, 2.75) is 25.1 Å². The molecule has 6 nitrogen and oxygen atoms in total. The molecule has 0 aliphatic rings. The molecule has 0 saturated carbocycles. The van der Waals surface area contributed by atoms with Crippen molar-refractivity contribution in [3.63, 3.8) is 0 Å². The third-order valence-corrected chi connectivity index (χ3v) is 4.50. The van der Waals surface area contributed by atoms with Crippen LogP contribution in [0.4, 0.5) is 5.69 Å². The molecule has 1 amide bonds. The number of carbonyl (C=O) groups is 1. The maximum Gasteiger partial charge on any atom is 0.238 e. The van der Waals surface area contributed by atoms with E-state index in [1.165, 1.54) is 17.4 Å². The number of pyridine rings is 1. The van der Waals surface area contributed by atoms with E-state index in [2.05, 4.69) is 9.98 Å². The van der Waals surface area contributed by atoms with Gasteiger partial charge in [0.05, 0.1) is 11.9 Å². The van der Waals surface area contributed by atoms with Crippen molar-refractivity contribution in [1.29, 1.82) is 5.41 Å². The smallest absolute Gasteiger partial charge is 0.238 e. The second kappa shape index (κ2) is 8.75. The molecule has 1 aromatic heterocycles. The summed E-state index contributed by atoms with van der Waals surface area (Å²) in [5, 5.41) is 6.79. The second-order valence-corrected chi connectivity index (χ2v) is 6.66. The van der Waals surface area contributed by atoms with E-state index in [1.54, 1.807) is 38.4 Å². The van der Waals surface area contributed by atoms with Crippen molar-refractivity contribution >= 4 is 45.4 Å². The predicted molar refractivity (Wildman–Crippen MR) is 90.7 cm³/mol. The zero-order chi connectivity index (χ0) is 16.7. The largest absolute Gasteiger partial charge is 0.327 e. The second-order valence-electron chi connectivity index (χ2n) is 4.55. The summed E-state index contributed by atoms with van der Waals surface area (Å²) in [6.45, 7) is 3.70. The molecular weight excluding hydrogens is 324 g/mol. The average Bonchev–Trinajstić information content (AvgIpc) is 2.50. The van der Waals surface area contributed by atoms with Gasteiger partial charge in [0, 0.05) is 36.0 Å². The molecule has 0 saturated heterocycles. The van der Waals surface area contributed by atoms with Gasteiger partial charge in [-0.2, -0.15) is 0 Å². The van der Waals surface area contributed by atoms with Crippen LogP contribution in [0.15, 0.2) is 29.5 Å². The first-order valence-electron chi connectivity index (χ1n) is 6.69. The van der Waals surface area contributed by atoms with Crippen LogP contribution in [0.2, 0.25) is 0 Å². The fourth-order valence-electron chi connectivity index (χ4n) is 1.73. The summed E-state index contributed by atoms with van der Waals surface area (Å²) in [5.41, 5.74) is 0.598. The molecule has 22 heavy (non-hydrogen) atoms. The van der Waals surface area contributed by atoms with Gasteiger partial charge in [-0.1, -0.05) is 11.6 Å². The van der Waals surface area contributed by atoms with E-state index >= 15 is 0 Å². The van der Waals surface area contributed by atoms with E-state index in [1.807, 2.05) is 0 Å². The van der Waals surface area contributed by atoms with E-state index in [0.29, 0.717) is 12.2 Å². The Bertz CT molecular complexity index is 579. The van der Waals surface area contributed by atoms with Gasteiger partial charge in [-0.3, -0.25) is 24.4 Å². The van der Waals surface area contributed by atoms with E-state index in [9.17, 15) is 9.00 Å². The van der Waals surface area contributed by atoms with E-state index in [-0.39, 0.29) is 11.1 Å². The minimum Gasteiger partial charge on any atom is -0.327 e. The monoisotopic (exact) mass is 342 g/mol. The van der Waals surface area contributed by atoms with E-state index < -0.39 is 22.1 Å². The zero-order valence-corrected chi connectivity index (χ0v) is 14.3. The molecule has 3 unspecified atom stereocenters. The highest BCUT2D eigenvalue weighted by Gasteiger charge is 2.29. The van der Waals surface area contributed by atoms with E-state index in [4.69, 9.17) is 17.0 Å². The lowest BCUT2D eigenvalue weighted by molar-refractivity contribution is -0.130. The highest BCUT2D eigenvalue weighted by molar-refractivity contribution is 7.85. The summed E-state index contributed by atoms with van der Waals surface area (Å²) < 4.78 is 11.5. The first kappa shape index (κ1) is 18.4. The van der Waals surface area contributed by atoms with Crippen LogP contribution < -0.4 is 0 Å². The predicted octanol–water partition coefficient (Wildman–Crippen LogP) is 1.98. The third-order valence-electron chi connectivity index (χ3n) is 3.08. The van der Waals surface area contributed by atoms with Crippen molar-refractivity contribution < 1.29 is 9.00 Å². The molecule has 1 rings (SSSR count). The van der Waals surface area contributed by atoms with E-state index in [0.717, 1.165) is 0 Å². The molecule has 0 fully saturated rings. The number of aliphatic imine (C=N–C) groups is 1. The normalized spacial score (nSPS) is 15.3. The summed E-state index contributed by atoms with van der Waals surface area (Å²) in [7, 11) is -1.29. The van der Waals surface area contributed by atoms with Crippen molar-refractivity contribution in [2.24, 2.45) is 4.99 Å². The molecule has 0 aromatic carbocycles. The molecular formula is C14H19ClN4O2S. The Morgan fingerprint density at radius 2 is 2.32 bits per heavy atom. The molecule has 0 aliphatic heterocycles. The molecule has 120 valence electrons. The number of nitrogens with zero attached hydrogens (tertiary/aromatic N) is 3. The van der Waals surface area contributed by atoms with Crippen LogP contribution in [0.25, 0.3) is 0 Å². The van der Waals surface area contributed by atoms with Crippen LogP contribution in [-0.2, 0) is 15.6 Å². The molecule has 1 heterocycles. The lowest BCUT2D eigenvalue weighted by Crippen LogP contribution is -2.48. The number of amides is 1. The minimum atomic E-state index is -1.29. The van der Waals surface area contributed by atoms with Crippen LogP contribution in [0.1, 0.15) is 13.8 Å². The molecule has 0 spiro atoms. The van der Waals surface area contributed by atoms with Crippen LogP contribution in [0.3, 0.4) is 0 Å². The lowest BCUT2D eigenvalue weighted by Gasteiger charge is -2.28. The maximum atomic E-state index is 12.4. The van der Waals surface area contributed by atoms with Crippen molar-refractivity contribution in [2.75, 3.05) is 12.8 Å². The Balaban J connectivity index is 3.01. The van der Waals surface area contributed by atoms with Crippen molar-refractivity contribution in [1.82, 2.24) is 9.88 Å². The molecule has 8 heteroatoms. The highest BCUT2D eigenvalue weighted by atomic mass is 35.5. The summed E-state index contributed by atoms with van der Waals surface area (Å²) in [6.07, 6.45) is 6.09. The van der Waals surface area contributed by atoms with Gasteiger partial charge >= 0.3 is 0 Å². The highest BCUT2D eigenvalue weighted by Crippen LogP contribution is 2.12. The topological polar surface area (TPSA) is 86.5 Å². The first-order valence-corrected chi connectivity index (χ1v) is 8.69. The Kier molecular flexibility index (Phi) is 7.34. The van der Waals surface area contributed by atoms with Gasteiger partial charge in [-0.25, -0.2) is 0 Å². The Morgan fingerprint density at radius 3 is 2.77 bits per heavy atom. The first-order chi connectivity index (χ1) is 10.4. The minimum absolute atomic E-state index is 0.225. The fourth-order valence-corrected chi connectivity index (χ4v) is 2.33. The standard InChI is InChI=1S/C14H19ClN4O2S/c1-4-19(14(20)10(2)22(3)21)12(13(15)16)9-18-11-6-5-7-17-8-11/h5-10,12,16H,4H2,1-3H3. The number of rotatable bonds is 7. The lowest BCUT2D eigenvalue weighted by atomic mass is 10.2. The Hall–Kier alpha value is -1.60. The summed E-state index contributed by atoms with van der Waals surface area (Å²) in [5.74, 6) is -0.323. The Labute approximate surface area is 137 Å². The van der Waals surface area contributed by atoms with Gasteiger partial charge < -0.3 is 4.90 Å². The van der Waals surface area contributed by atoms with Gasteiger partial charge in [-0.05, 0) is 26.0 Å².